The Morgan fingerprint density at radius 2 is 1.95 bits per heavy atom. The Hall–Kier alpha value is -4.51. The molecule has 2 N–H and O–H groups in total. The van der Waals surface area contributed by atoms with Gasteiger partial charge in [0, 0.05) is 43.6 Å². The maximum atomic E-state index is 13.4. The third-order valence-electron chi connectivity index (χ3n) is 6.53. The summed E-state index contributed by atoms with van der Waals surface area (Å²) in [6.07, 6.45) is 4.57. The van der Waals surface area contributed by atoms with E-state index in [0.29, 0.717) is 40.3 Å². The minimum atomic E-state index is -0.687. The van der Waals surface area contributed by atoms with Gasteiger partial charge in [-0.05, 0) is 25.1 Å². The van der Waals surface area contributed by atoms with Gasteiger partial charge in [0.15, 0.2) is 5.82 Å². The molecule has 1 unspecified atom stereocenters. The number of fused-ring (bicyclic) bond motifs is 1. The van der Waals surface area contributed by atoms with Crippen molar-refractivity contribution in [3.63, 3.8) is 0 Å². The third-order valence-corrected chi connectivity index (χ3v) is 6.53. The number of piperazine rings is 1. The number of amides is 2. The Bertz CT molecular complexity index is 1480. The van der Waals surface area contributed by atoms with E-state index in [4.69, 9.17) is 4.74 Å². The van der Waals surface area contributed by atoms with Crippen molar-refractivity contribution < 1.29 is 24.2 Å². The summed E-state index contributed by atoms with van der Waals surface area (Å²) in [5.41, 5.74) is 1.67. The number of benzene rings is 1. The molecule has 11 heteroatoms. The minimum absolute atomic E-state index is 0.101. The highest BCUT2D eigenvalue weighted by Crippen LogP contribution is 2.32. The number of nitrogens with one attached hydrogen (secondary N) is 1. The summed E-state index contributed by atoms with van der Waals surface area (Å²) in [6.45, 7) is 2.45. The zero-order valence-electron chi connectivity index (χ0n) is 20.4. The van der Waals surface area contributed by atoms with Gasteiger partial charge in [-0.3, -0.25) is 14.4 Å². The zero-order valence-corrected chi connectivity index (χ0v) is 20.4. The molecule has 0 bridgehead atoms. The van der Waals surface area contributed by atoms with Gasteiger partial charge in [0.25, 0.3) is 17.6 Å². The molecule has 1 saturated heterocycles. The van der Waals surface area contributed by atoms with Gasteiger partial charge in [0.05, 0.1) is 42.1 Å². The maximum absolute atomic E-state index is 13.4. The molecule has 5 rings (SSSR count). The molecule has 0 aliphatic carbocycles. The standard InChI is InChI=1S/C26H26N6O5/c1-16-14-30(10-11-31(16)25(35)17-6-4-3-5-7-17)26(36)23(34)19-12-27-22-21(19)20(37-2)13-28-24(22)32-9-8-18(15-33)29-32/h3-9,12-13,16,27,33H,10-11,14-15H2,1-2H3. The number of nitrogens with zero attached hydrogens (tertiary/aromatic N) is 5. The predicted octanol–water partition coefficient (Wildman–Crippen LogP) is 1.81. The Balaban J connectivity index is 1.39. The summed E-state index contributed by atoms with van der Waals surface area (Å²) in [5, 5.41) is 14.0. The molecular formula is C26H26N6O5. The highest BCUT2D eigenvalue weighted by atomic mass is 16.5. The first kappa shape index (κ1) is 24.2. The molecule has 1 atom stereocenters. The summed E-state index contributed by atoms with van der Waals surface area (Å²) in [6, 6.07) is 10.4. The lowest BCUT2D eigenvalue weighted by molar-refractivity contribution is -0.128. The van der Waals surface area contributed by atoms with Crippen LogP contribution in [0.25, 0.3) is 16.7 Å². The smallest absolute Gasteiger partial charge is 0.295 e. The van der Waals surface area contributed by atoms with Crippen LogP contribution >= 0.6 is 0 Å². The van der Waals surface area contributed by atoms with E-state index in [1.165, 1.54) is 29.1 Å². The Labute approximate surface area is 212 Å². The second-order valence-corrected chi connectivity index (χ2v) is 8.81. The zero-order chi connectivity index (χ0) is 26.1. The molecule has 3 aromatic heterocycles. The largest absolute Gasteiger partial charge is 0.494 e. The molecule has 1 aliphatic rings. The monoisotopic (exact) mass is 502 g/mol. The average molecular weight is 503 g/mol. The van der Waals surface area contributed by atoms with Crippen LogP contribution in [0.1, 0.15) is 33.3 Å². The molecule has 4 heterocycles. The molecule has 0 saturated carbocycles. The fourth-order valence-electron chi connectivity index (χ4n) is 4.63. The molecular weight excluding hydrogens is 476 g/mol. The molecule has 190 valence electrons. The molecule has 0 radical (unpaired) electrons. The summed E-state index contributed by atoms with van der Waals surface area (Å²) < 4.78 is 6.92. The number of hydrogen-bond donors (Lipinski definition) is 2. The Morgan fingerprint density at radius 1 is 1.16 bits per heavy atom. The minimum Gasteiger partial charge on any atom is -0.494 e. The van der Waals surface area contributed by atoms with Crippen molar-refractivity contribution in [2.24, 2.45) is 0 Å². The summed E-state index contributed by atoms with van der Waals surface area (Å²) in [7, 11) is 1.46. The van der Waals surface area contributed by atoms with Gasteiger partial charge in [-0.15, -0.1) is 0 Å². The van der Waals surface area contributed by atoms with Crippen molar-refractivity contribution in [2.75, 3.05) is 26.7 Å². The number of aromatic nitrogens is 4. The lowest BCUT2D eigenvalue weighted by atomic mass is 10.1. The number of Topliss-reactive ketones (excluding diaryl/α,β-unsaturated/α-hetero) is 1. The van der Waals surface area contributed by atoms with Gasteiger partial charge in [-0.2, -0.15) is 5.10 Å². The van der Waals surface area contributed by atoms with Crippen LogP contribution in [0.2, 0.25) is 0 Å². The molecule has 37 heavy (non-hydrogen) atoms. The number of carbonyl (C=O) groups is 3. The van der Waals surface area contributed by atoms with Crippen LogP contribution in [-0.2, 0) is 11.4 Å². The molecule has 1 aliphatic heterocycles. The molecule has 11 nitrogen and oxygen atoms in total. The number of hydrogen-bond acceptors (Lipinski definition) is 7. The van der Waals surface area contributed by atoms with Crippen LogP contribution in [-0.4, -0.2) is 85.0 Å². The first-order chi connectivity index (χ1) is 17.9. The highest BCUT2D eigenvalue weighted by Gasteiger charge is 2.34. The fraction of sp³-hybridized carbons (Fsp3) is 0.269. The number of rotatable bonds is 6. The Morgan fingerprint density at radius 3 is 2.62 bits per heavy atom. The second-order valence-electron chi connectivity index (χ2n) is 8.81. The fourth-order valence-corrected chi connectivity index (χ4v) is 4.63. The lowest BCUT2D eigenvalue weighted by Gasteiger charge is -2.39. The van der Waals surface area contributed by atoms with E-state index in [0.717, 1.165) is 0 Å². The van der Waals surface area contributed by atoms with E-state index >= 15 is 0 Å². The predicted molar refractivity (Wildman–Crippen MR) is 134 cm³/mol. The van der Waals surface area contributed by atoms with E-state index < -0.39 is 11.7 Å². The summed E-state index contributed by atoms with van der Waals surface area (Å²) in [4.78, 5) is 50.2. The van der Waals surface area contributed by atoms with Crippen molar-refractivity contribution in [2.45, 2.75) is 19.6 Å². The van der Waals surface area contributed by atoms with Crippen molar-refractivity contribution in [3.8, 4) is 11.6 Å². The van der Waals surface area contributed by atoms with Crippen molar-refractivity contribution in [1.82, 2.24) is 29.5 Å². The van der Waals surface area contributed by atoms with Crippen LogP contribution in [0.5, 0.6) is 5.75 Å². The number of methoxy groups -OCH3 is 1. The number of carbonyl (C=O) groups excluding carboxylic acids is 3. The number of aromatic amines is 1. The summed E-state index contributed by atoms with van der Waals surface area (Å²) >= 11 is 0. The number of H-pyrrole nitrogens is 1. The second kappa shape index (κ2) is 9.86. The number of ketones is 1. The van der Waals surface area contributed by atoms with Crippen LogP contribution in [0.3, 0.4) is 0 Å². The van der Waals surface area contributed by atoms with E-state index in [-0.39, 0.29) is 37.2 Å². The van der Waals surface area contributed by atoms with Gasteiger partial charge < -0.3 is 24.6 Å². The quantitative estimate of drug-likeness (QED) is 0.303. The lowest BCUT2D eigenvalue weighted by Crippen LogP contribution is -2.56. The molecule has 2 amide bonds. The number of pyridine rings is 1. The van der Waals surface area contributed by atoms with Crippen LogP contribution in [0, 0.1) is 0 Å². The van der Waals surface area contributed by atoms with E-state index in [2.05, 4.69) is 15.1 Å². The maximum Gasteiger partial charge on any atom is 0.295 e. The van der Waals surface area contributed by atoms with Gasteiger partial charge in [-0.25, -0.2) is 9.67 Å². The molecule has 0 spiro atoms. The molecule has 1 fully saturated rings. The molecule has 4 aromatic rings. The van der Waals surface area contributed by atoms with Crippen LogP contribution < -0.4 is 4.74 Å². The first-order valence-corrected chi connectivity index (χ1v) is 11.8. The van der Waals surface area contributed by atoms with Gasteiger partial charge >= 0.3 is 0 Å². The summed E-state index contributed by atoms with van der Waals surface area (Å²) in [5.74, 6) is -0.716. The number of ether oxygens (including phenoxy) is 1. The van der Waals surface area contributed by atoms with Crippen molar-refractivity contribution >= 4 is 28.5 Å². The van der Waals surface area contributed by atoms with Crippen molar-refractivity contribution in [3.05, 3.63) is 71.8 Å². The normalized spacial score (nSPS) is 15.7. The van der Waals surface area contributed by atoms with E-state index in [9.17, 15) is 19.5 Å². The third kappa shape index (κ3) is 4.33. The highest BCUT2D eigenvalue weighted by molar-refractivity contribution is 6.45. The van der Waals surface area contributed by atoms with Gasteiger partial charge in [-0.1, -0.05) is 18.2 Å². The van der Waals surface area contributed by atoms with Crippen LogP contribution in [0.4, 0.5) is 0 Å². The van der Waals surface area contributed by atoms with Crippen LogP contribution in [0.15, 0.2) is 55.0 Å². The van der Waals surface area contributed by atoms with E-state index in [1.54, 1.807) is 29.3 Å². The van der Waals surface area contributed by atoms with Gasteiger partial charge in [0.2, 0.25) is 0 Å². The van der Waals surface area contributed by atoms with Gasteiger partial charge in [0.1, 0.15) is 5.75 Å². The SMILES string of the molecule is COc1cnc(-n2ccc(CO)n2)c2[nH]cc(C(=O)C(=O)N3CCN(C(=O)c4ccccc4)C(C)C3)c12. The van der Waals surface area contributed by atoms with E-state index in [1.807, 2.05) is 25.1 Å². The average Bonchev–Trinajstić information content (AvgIpc) is 3.60. The first-order valence-electron chi connectivity index (χ1n) is 11.8. The Kier molecular flexibility index (Phi) is 6.45. The topological polar surface area (TPSA) is 134 Å². The molecule has 1 aromatic carbocycles. The van der Waals surface area contributed by atoms with Crippen molar-refractivity contribution in [1.29, 1.82) is 0 Å². The number of aliphatic hydroxyl groups is 1. The number of aliphatic hydroxyl groups excluding tert-OH is 1.